The quantitative estimate of drug-likeness (QED) is 0.528. The molecule has 0 aliphatic heterocycles. The highest BCUT2D eigenvalue weighted by Crippen LogP contribution is 2.31. The number of carbonyl (C=O) groups is 1. The monoisotopic (exact) mass is 361 g/mol. The van der Waals surface area contributed by atoms with Crippen LogP contribution in [-0.4, -0.2) is 17.4 Å². The van der Waals surface area contributed by atoms with E-state index in [-0.39, 0.29) is 6.42 Å². The summed E-state index contributed by atoms with van der Waals surface area (Å²) in [6.45, 7) is 0. The van der Waals surface area contributed by atoms with Crippen molar-refractivity contribution in [2.75, 3.05) is 0 Å². The van der Waals surface area contributed by atoms with Crippen molar-refractivity contribution in [2.24, 2.45) is 0 Å². The van der Waals surface area contributed by atoms with Crippen LogP contribution in [0.1, 0.15) is 29.9 Å². The van der Waals surface area contributed by atoms with Gasteiger partial charge in [0.15, 0.2) is 0 Å². The summed E-state index contributed by atoms with van der Waals surface area (Å²) in [5, 5.41) is 0. The third-order valence-corrected chi connectivity index (χ3v) is 3.63. The van der Waals surface area contributed by atoms with E-state index in [1.165, 1.54) is 30.5 Å². The molecular weight excluding hydrogens is 348 g/mol. The molecule has 2 aromatic rings. The SMILES string of the molecule is O=CC(CCC(F)(F)F)c1ccc(-c2ccc(C(F)(F)F)cc2)nc1. The molecular formula is C17H13F6NO. The fourth-order valence-corrected chi connectivity index (χ4v) is 2.26. The van der Waals surface area contributed by atoms with Gasteiger partial charge in [0.2, 0.25) is 0 Å². The molecule has 0 N–H and O–H groups in total. The van der Waals surface area contributed by atoms with Gasteiger partial charge in [-0.05, 0) is 30.2 Å². The minimum Gasteiger partial charge on any atom is -0.303 e. The lowest BCUT2D eigenvalue weighted by atomic mass is 9.96. The van der Waals surface area contributed by atoms with Crippen LogP contribution in [0.4, 0.5) is 26.3 Å². The molecule has 0 saturated carbocycles. The summed E-state index contributed by atoms with van der Waals surface area (Å²) in [5.74, 6) is -0.934. The van der Waals surface area contributed by atoms with Gasteiger partial charge in [-0.1, -0.05) is 18.2 Å². The number of pyridine rings is 1. The fourth-order valence-electron chi connectivity index (χ4n) is 2.26. The van der Waals surface area contributed by atoms with Crippen LogP contribution in [0.25, 0.3) is 11.3 Å². The summed E-state index contributed by atoms with van der Waals surface area (Å²) in [7, 11) is 0. The number of aromatic nitrogens is 1. The summed E-state index contributed by atoms with van der Waals surface area (Å²) < 4.78 is 74.4. The average Bonchev–Trinajstić information content (AvgIpc) is 2.54. The highest BCUT2D eigenvalue weighted by Gasteiger charge is 2.30. The lowest BCUT2D eigenvalue weighted by molar-refractivity contribution is -0.138. The second-order valence-electron chi connectivity index (χ2n) is 5.45. The Kier molecular flexibility index (Phi) is 5.49. The predicted octanol–water partition coefficient (Wildman–Crippen LogP) is 5.39. The summed E-state index contributed by atoms with van der Waals surface area (Å²) in [5.41, 5.74) is 0.325. The maximum atomic E-state index is 12.5. The first-order chi connectivity index (χ1) is 11.6. The highest BCUT2D eigenvalue weighted by molar-refractivity contribution is 5.64. The van der Waals surface area contributed by atoms with Gasteiger partial charge >= 0.3 is 12.4 Å². The van der Waals surface area contributed by atoms with Gasteiger partial charge in [-0.25, -0.2) is 0 Å². The van der Waals surface area contributed by atoms with Crippen LogP contribution in [0.15, 0.2) is 42.6 Å². The van der Waals surface area contributed by atoms with Gasteiger partial charge in [-0.2, -0.15) is 26.3 Å². The minimum absolute atomic E-state index is 0.329. The van der Waals surface area contributed by atoms with Crippen molar-refractivity contribution in [2.45, 2.75) is 31.1 Å². The maximum absolute atomic E-state index is 12.5. The van der Waals surface area contributed by atoms with Gasteiger partial charge in [0.05, 0.1) is 11.3 Å². The number of hydrogen-bond donors (Lipinski definition) is 0. The van der Waals surface area contributed by atoms with Gasteiger partial charge < -0.3 is 4.79 Å². The Labute approximate surface area is 139 Å². The van der Waals surface area contributed by atoms with Gasteiger partial charge in [0, 0.05) is 24.1 Å². The van der Waals surface area contributed by atoms with Crippen LogP contribution in [0.5, 0.6) is 0 Å². The Morgan fingerprint density at radius 1 is 0.960 bits per heavy atom. The smallest absolute Gasteiger partial charge is 0.303 e. The van der Waals surface area contributed by atoms with Gasteiger partial charge in [-0.15, -0.1) is 0 Å². The van der Waals surface area contributed by atoms with E-state index in [1.54, 1.807) is 0 Å². The van der Waals surface area contributed by atoms with Gasteiger partial charge in [-0.3, -0.25) is 4.98 Å². The van der Waals surface area contributed by atoms with Crippen LogP contribution in [0.3, 0.4) is 0 Å². The molecule has 8 heteroatoms. The van der Waals surface area contributed by atoms with Crippen molar-refractivity contribution >= 4 is 6.29 Å². The topological polar surface area (TPSA) is 30.0 Å². The Morgan fingerprint density at radius 2 is 1.60 bits per heavy atom. The Hall–Kier alpha value is -2.38. The normalized spacial score (nSPS) is 13.5. The molecule has 2 rings (SSSR count). The molecule has 1 aromatic heterocycles. The lowest BCUT2D eigenvalue weighted by Gasteiger charge is -2.13. The van der Waals surface area contributed by atoms with Crippen molar-refractivity contribution < 1.29 is 31.1 Å². The maximum Gasteiger partial charge on any atom is 0.416 e. The minimum atomic E-state index is -4.44. The third kappa shape index (κ3) is 5.30. The molecule has 1 aromatic carbocycles. The standard InChI is InChI=1S/C17H13F6NO/c18-16(19,20)8-7-13(10-25)12-3-6-15(24-9-12)11-1-4-14(5-2-11)17(21,22)23/h1-6,9-10,13H,7-8H2. The number of rotatable bonds is 5. The fraction of sp³-hybridized carbons (Fsp3) is 0.294. The molecule has 0 saturated heterocycles. The van der Waals surface area contributed by atoms with E-state index in [4.69, 9.17) is 0 Å². The van der Waals surface area contributed by atoms with Crippen molar-refractivity contribution in [3.05, 3.63) is 53.7 Å². The Balaban J connectivity index is 2.14. The summed E-state index contributed by atoms with van der Waals surface area (Å²) in [6.07, 6.45) is -8.56. The molecule has 1 unspecified atom stereocenters. The van der Waals surface area contributed by atoms with E-state index < -0.39 is 30.3 Å². The van der Waals surface area contributed by atoms with Crippen molar-refractivity contribution in [1.29, 1.82) is 0 Å². The molecule has 0 spiro atoms. The molecule has 1 heterocycles. The van der Waals surface area contributed by atoms with E-state index in [1.807, 2.05) is 0 Å². The van der Waals surface area contributed by atoms with Crippen LogP contribution in [-0.2, 0) is 11.0 Å². The summed E-state index contributed by atoms with van der Waals surface area (Å²) in [6, 6.07) is 7.26. The molecule has 1 atom stereocenters. The lowest BCUT2D eigenvalue weighted by Crippen LogP contribution is -2.11. The number of halogens is 6. The zero-order valence-electron chi connectivity index (χ0n) is 12.7. The van der Waals surface area contributed by atoms with Crippen LogP contribution >= 0.6 is 0 Å². The summed E-state index contributed by atoms with van der Waals surface area (Å²) in [4.78, 5) is 15.0. The van der Waals surface area contributed by atoms with E-state index in [0.717, 1.165) is 12.1 Å². The number of aldehydes is 1. The predicted molar refractivity (Wildman–Crippen MR) is 78.8 cm³/mol. The number of alkyl halides is 6. The summed E-state index contributed by atoms with van der Waals surface area (Å²) >= 11 is 0. The molecule has 0 amide bonds. The van der Waals surface area contributed by atoms with Crippen LogP contribution < -0.4 is 0 Å². The molecule has 0 fully saturated rings. The Morgan fingerprint density at radius 3 is 2.04 bits per heavy atom. The van der Waals surface area contributed by atoms with Crippen molar-refractivity contribution in [1.82, 2.24) is 4.98 Å². The molecule has 0 aliphatic rings. The number of hydrogen-bond acceptors (Lipinski definition) is 2. The molecule has 0 aliphatic carbocycles. The van der Waals surface area contributed by atoms with E-state index >= 15 is 0 Å². The average molecular weight is 361 g/mol. The highest BCUT2D eigenvalue weighted by atomic mass is 19.4. The first kappa shape index (κ1) is 19.0. The molecule has 25 heavy (non-hydrogen) atoms. The number of carbonyl (C=O) groups excluding carboxylic acids is 1. The second-order valence-corrected chi connectivity index (χ2v) is 5.45. The zero-order valence-corrected chi connectivity index (χ0v) is 12.7. The number of nitrogens with zero attached hydrogens (tertiary/aromatic N) is 1. The van der Waals surface area contributed by atoms with Gasteiger partial charge in [0.25, 0.3) is 0 Å². The zero-order chi connectivity index (χ0) is 18.7. The molecule has 2 nitrogen and oxygen atoms in total. The van der Waals surface area contributed by atoms with E-state index in [0.29, 0.717) is 23.1 Å². The van der Waals surface area contributed by atoms with Crippen LogP contribution in [0.2, 0.25) is 0 Å². The second kappa shape index (κ2) is 7.25. The van der Waals surface area contributed by atoms with Crippen molar-refractivity contribution in [3.8, 4) is 11.3 Å². The number of benzene rings is 1. The molecule has 134 valence electrons. The van der Waals surface area contributed by atoms with Crippen molar-refractivity contribution in [3.63, 3.8) is 0 Å². The van der Waals surface area contributed by atoms with Crippen LogP contribution in [0, 0.1) is 0 Å². The van der Waals surface area contributed by atoms with Gasteiger partial charge in [0.1, 0.15) is 6.29 Å². The van der Waals surface area contributed by atoms with E-state index in [2.05, 4.69) is 4.98 Å². The Bertz CT molecular complexity index is 704. The molecule has 0 radical (unpaired) electrons. The van der Waals surface area contributed by atoms with E-state index in [9.17, 15) is 31.1 Å². The third-order valence-electron chi connectivity index (χ3n) is 3.63. The largest absolute Gasteiger partial charge is 0.416 e. The first-order valence-electron chi connectivity index (χ1n) is 7.26. The first-order valence-corrected chi connectivity index (χ1v) is 7.26. The molecule has 0 bridgehead atoms.